The lowest BCUT2D eigenvalue weighted by atomic mass is 10.0. The highest BCUT2D eigenvalue weighted by Crippen LogP contribution is 2.29. The number of aromatic hydroxyl groups is 1. The highest BCUT2D eigenvalue weighted by Gasteiger charge is 2.24. The molecule has 7 nitrogen and oxygen atoms in total. The van der Waals surface area contributed by atoms with Crippen molar-refractivity contribution in [3.05, 3.63) is 75.6 Å². The van der Waals surface area contributed by atoms with Gasteiger partial charge in [0.05, 0.1) is 35.3 Å². The number of phenolic OH excluding ortho intramolecular Hbond substituents is 1. The number of hydrogen-bond acceptors (Lipinski definition) is 6. The normalized spacial score (nSPS) is 13.9. The first-order valence-corrected chi connectivity index (χ1v) is 14.1. The third-order valence-corrected chi connectivity index (χ3v) is 6.53. The van der Waals surface area contributed by atoms with Gasteiger partial charge in [-0.05, 0) is 89.1 Å². The topological polar surface area (TPSA) is 102 Å². The maximum absolute atomic E-state index is 13.8. The van der Waals surface area contributed by atoms with E-state index in [9.17, 15) is 19.9 Å². The van der Waals surface area contributed by atoms with Crippen LogP contribution in [0.25, 0.3) is 0 Å². The van der Waals surface area contributed by atoms with Gasteiger partial charge in [-0.25, -0.2) is 0 Å². The maximum atomic E-state index is 13.8. The minimum atomic E-state index is -0.392. The molecule has 1 rings (SSSR count). The molecule has 0 aromatic heterocycles. The maximum Gasteiger partial charge on any atom is 0.256 e. The molecule has 1 aromatic carbocycles. The van der Waals surface area contributed by atoms with E-state index in [-0.39, 0.29) is 35.2 Å². The number of para-hydroxylation sites is 1. The molecular weight excluding hydrogens is 490 g/mol. The van der Waals surface area contributed by atoms with Crippen molar-refractivity contribution in [1.29, 1.82) is 0 Å². The van der Waals surface area contributed by atoms with Crippen LogP contribution in [-0.2, 0) is 0 Å². The van der Waals surface area contributed by atoms with Crippen molar-refractivity contribution in [2.45, 2.75) is 93.0 Å². The number of allylic oxidation sites excluding steroid dienone is 5. The van der Waals surface area contributed by atoms with E-state index >= 15 is 0 Å². The Morgan fingerprint density at radius 3 is 2.38 bits per heavy atom. The summed E-state index contributed by atoms with van der Waals surface area (Å²) in [5.74, 6) is 0.463. The van der Waals surface area contributed by atoms with Crippen LogP contribution in [0.2, 0.25) is 0 Å². The van der Waals surface area contributed by atoms with E-state index in [2.05, 4.69) is 44.3 Å². The van der Waals surface area contributed by atoms with E-state index in [0.29, 0.717) is 18.7 Å². The SMILES string of the molecule is CC/C=C(\CNc1c(O)cccc1C(=O)N(C/C=C(\C)CC/C=C(\C)CCCC(C)C)C(C)/C=C(\C)O)N=O. The Kier molecular flexibility index (Phi) is 15.6. The number of nitrogens with one attached hydrogen (secondary N) is 1. The van der Waals surface area contributed by atoms with Gasteiger partial charge in [-0.15, -0.1) is 4.91 Å². The van der Waals surface area contributed by atoms with Crippen molar-refractivity contribution in [3.63, 3.8) is 0 Å². The fourth-order valence-electron chi connectivity index (χ4n) is 4.28. The largest absolute Gasteiger partial charge is 0.513 e. The minimum Gasteiger partial charge on any atom is -0.513 e. The average molecular weight is 540 g/mol. The molecule has 0 aliphatic rings. The molecule has 1 amide bonds. The predicted octanol–water partition coefficient (Wildman–Crippen LogP) is 8.66. The Morgan fingerprint density at radius 1 is 1.08 bits per heavy atom. The highest BCUT2D eigenvalue weighted by molar-refractivity contribution is 6.01. The standard InChI is InChI=1S/C32H49N3O4/c1-8-12-28(34-39)22-33-31-29(17-11-18-30(31)37)32(38)35(26(6)21-27(7)36)20-19-25(5)16-10-15-24(4)14-9-13-23(2)3/h11-12,15,17-19,21,23,26,33,36-37H,8-10,13-14,16,20,22H2,1-7H3/b24-15+,25-19+,27-21+,28-12+. The number of carbonyl (C=O) groups excluding carboxylic acids is 1. The lowest BCUT2D eigenvalue weighted by molar-refractivity contribution is 0.0744. The van der Waals surface area contributed by atoms with E-state index in [1.807, 2.05) is 19.9 Å². The quantitative estimate of drug-likeness (QED) is 0.0795. The first-order chi connectivity index (χ1) is 18.5. The average Bonchev–Trinajstić information content (AvgIpc) is 2.86. The minimum absolute atomic E-state index is 0.0871. The van der Waals surface area contributed by atoms with Crippen LogP contribution >= 0.6 is 0 Å². The van der Waals surface area contributed by atoms with Crippen molar-refractivity contribution in [2.75, 3.05) is 18.4 Å². The molecular formula is C32H49N3O4. The van der Waals surface area contributed by atoms with Crippen LogP contribution in [0.1, 0.15) is 97.3 Å². The monoisotopic (exact) mass is 539 g/mol. The summed E-state index contributed by atoms with van der Waals surface area (Å²) in [5, 5.41) is 26.5. The van der Waals surface area contributed by atoms with Gasteiger partial charge in [-0.3, -0.25) is 4.79 Å². The number of rotatable bonds is 17. The number of benzene rings is 1. The Morgan fingerprint density at radius 2 is 1.77 bits per heavy atom. The summed E-state index contributed by atoms with van der Waals surface area (Å²) in [4.78, 5) is 26.5. The molecule has 0 radical (unpaired) electrons. The van der Waals surface area contributed by atoms with Crippen molar-refractivity contribution in [3.8, 4) is 5.75 Å². The van der Waals surface area contributed by atoms with Crippen molar-refractivity contribution in [2.24, 2.45) is 11.1 Å². The van der Waals surface area contributed by atoms with Gasteiger partial charge in [0.2, 0.25) is 0 Å². The number of aliphatic hydroxyl groups is 1. The molecule has 1 atom stereocenters. The Bertz CT molecular complexity index is 1050. The molecule has 3 N–H and O–H groups in total. The van der Waals surface area contributed by atoms with Gasteiger partial charge >= 0.3 is 0 Å². The highest BCUT2D eigenvalue weighted by atomic mass is 16.3. The summed E-state index contributed by atoms with van der Waals surface area (Å²) in [6.45, 7) is 14.5. The lowest BCUT2D eigenvalue weighted by Crippen LogP contribution is -2.38. The summed E-state index contributed by atoms with van der Waals surface area (Å²) in [6.07, 6.45) is 13.8. The molecule has 1 aromatic rings. The molecule has 0 heterocycles. The number of anilines is 1. The second kappa shape index (κ2) is 18.0. The molecule has 0 fully saturated rings. The smallest absolute Gasteiger partial charge is 0.256 e. The zero-order chi connectivity index (χ0) is 29.4. The summed E-state index contributed by atoms with van der Waals surface area (Å²) < 4.78 is 0. The molecule has 7 heteroatoms. The first-order valence-electron chi connectivity index (χ1n) is 14.1. The summed E-state index contributed by atoms with van der Waals surface area (Å²) in [6, 6.07) is 4.35. The van der Waals surface area contributed by atoms with Gasteiger partial charge in [-0.2, -0.15) is 0 Å². The van der Waals surface area contributed by atoms with Crippen molar-refractivity contribution in [1.82, 2.24) is 4.90 Å². The summed E-state index contributed by atoms with van der Waals surface area (Å²) in [7, 11) is 0. The van der Waals surface area contributed by atoms with Crippen LogP contribution in [0.3, 0.4) is 0 Å². The third kappa shape index (κ3) is 12.8. The van der Waals surface area contributed by atoms with Crippen LogP contribution in [0, 0.1) is 10.8 Å². The zero-order valence-electron chi connectivity index (χ0n) is 25.0. The van der Waals surface area contributed by atoms with E-state index in [4.69, 9.17) is 0 Å². The second-order valence-corrected chi connectivity index (χ2v) is 10.7. The molecule has 216 valence electrons. The Labute approximate surface area is 235 Å². The predicted molar refractivity (Wildman–Crippen MR) is 163 cm³/mol. The molecule has 0 spiro atoms. The van der Waals surface area contributed by atoms with Gasteiger partial charge in [0, 0.05) is 6.54 Å². The fraction of sp³-hybridized carbons (Fsp3) is 0.531. The number of carbonyl (C=O) groups is 1. The number of nitroso groups, excluding NO2 is 1. The number of phenols is 1. The van der Waals surface area contributed by atoms with Crippen LogP contribution < -0.4 is 5.32 Å². The second-order valence-electron chi connectivity index (χ2n) is 10.7. The van der Waals surface area contributed by atoms with Gasteiger partial charge in [0.1, 0.15) is 5.75 Å². The van der Waals surface area contributed by atoms with Crippen molar-refractivity contribution < 1.29 is 15.0 Å². The van der Waals surface area contributed by atoms with Gasteiger partial charge in [0.25, 0.3) is 5.91 Å². The fourth-order valence-corrected chi connectivity index (χ4v) is 4.28. The molecule has 0 aliphatic heterocycles. The molecule has 0 saturated carbocycles. The molecule has 0 aliphatic carbocycles. The summed E-state index contributed by atoms with van der Waals surface area (Å²) >= 11 is 0. The van der Waals surface area contributed by atoms with E-state index in [1.54, 1.807) is 36.1 Å². The van der Waals surface area contributed by atoms with Crippen LogP contribution in [0.4, 0.5) is 5.69 Å². The third-order valence-electron chi connectivity index (χ3n) is 6.53. The van der Waals surface area contributed by atoms with Crippen LogP contribution in [-0.4, -0.2) is 40.2 Å². The number of aliphatic hydroxyl groups excluding tert-OH is 1. The Hall–Kier alpha value is -3.35. The van der Waals surface area contributed by atoms with Crippen LogP contribution in [0.15, 0.2) is 70.3 Å². The molecule has 0 bridgehead atoms. The number of hydrogen-bond donors (Lipinski definition) is 3. The van der Waals surface area contributed by atoms with E-state index < -0.39 is 6.04 Å². The van der Waals surface area contributed by atoms with Crippen LogP contribution in [0.5, 0.6) is 5.75 Å². The molecule has 0 saturated heterocycles. The number of nitrogens with zero attached hydrogens (tertiary/aromatic N) is 2. The van der Waals surface area contributed by atoms with E-state index in [1.165, 1.54) is 30.1 Å². The van der Waals surface area contributed by atoms with Crippen molar-refractivity contribution >= 4 is 11.6 Å². The first kappa shape index (κ1) is 33.7. The van der Waals surface area contributed by atoms with Gasteiger partial charge < -0.3 is 20.4 Å². The zero-order valence-corrected chi connectivity index (χ0v) is 25.0. The van der Waals surface area contributed by atoms with Gasteiger partial charge in [-0.1, -0.05) is 62.6 Å². The molecule has 39 heavy (non-hydrogen) atoms. The van der Waals surface area contributed by atoms with Gasteiger partial charge in [0.15, 0.2) is 0 Å². The Balaban J connectivity index is 3.09. The lowest BCUT2D eigenvalue weighted by Gasteiger charge is -2.28. The summed E-state index contributed by atoms with van der Waals surface area (Å²) in [5.41, 5.74) is 3.41. The van der Waals surface area contributed by atoms with E-state index in [0.717, 1.165) is 25.2 Å². The number of amides is 1. The molecule has 1 unspecified atom stereocenters.